The summed E-state index contributed by atoms with van der Waals surface area (Å²) in [5.74, 6) is 2.36. The minimum atomic E-state index is -0.190. The number of urea groups is 1. The van der Waals surface area contributed by atoms with E-state index in [1.807, 2.05) is 17.0 Å². The van der Waals surface area contributed by atoms with Gasteiger partial charge in [0.05, 0.1) is 0 Å². The van der Waals surface area contributed by atoms with E-state index in [1.165, 1.54) is 50.7 Å². The molecule has 5 aliphatic rings. The summed E-state index contributed by atoms with van der Waals surface area (Å²) in [6, 6.07) is 6.89. The van der Waals surface area contributed by atoms with Crippen molar-refractivity contribution in [3.05, 3.63) is 35.6 Å². The molecule has 1 N–H and O–H groups in total. The maximum absolute atomic E-state index is 13.0. The van der Waals surface area contributed by atoms with Crippen molar-refractivity contribution in [2.45, 2.75) is 50.6 Å². The minimum Gasteiger partial charge on any atom is -0.333 e. The van der Waals surface area contributed by atoms with Crippen molar-refractivity contribution in [2.75, 3.05) is 26.2 Å². The van der Waals surface area contributed by atoms with Crippen LogP contribution in [0.5, 0.6) is 0 Å². The zero-order chi connectivity index (χ0) is 18.4. The molecule has 27 heavy (non-hydrogen) atoms. The minimum absolute atomic E-state index is 0.0943. The predicted octanol–water partition coefficient (Wildman–Crippen LogP) is 3.62. The Labute approximate surface area is 161 Å². The van der Waals surface area contributed by atoms with Crippen molar-refractivity contribution >= 4 is 6.03 Å². The van der Waals surface area contributed by atoms with Crippen molar-refractivity contribution < 1.29 is 9.18 Å². The predicted molar refractivity (Wildman–Crippen MR) is 103 cm³/mol. The summed E-state index contributed by atoms with van der Waals surface area (Å²) in [7, 11) is 0. The average molecular weight is 372 g/mol. The Balaban J connectivity index is 1.14. The summed E-state index contributed by atoms with van der Waals surface area (Å²) in [5, 5.41) is 3.49. The molecule has 5 fully saturated rings. The third-order valence-electron chi connectivity index (χ3n) is 7.39. The molecule has 0 aromatic heterocycles. The second kappa shape index (κ2) is 6.77. The zero-order valence-electron chi connectivity index (χ0n) is 16.0. The van der Waals surface area contributed by atoms with Crippen LogP contribution in [0.25, 0.3) is 0 Å². The first-order valence-corrected chi connectivity index (χ1v) is 10.6. The molecule has 0 unspecified atom stereocenters. The number of benzene rings is 1. The smallest absolute Gasteiger partial charge is 0.317 e. The number of nitrogens with one attached hydrogen (secondary N) is 1. The van der Waals surface area contributed by atoms with E-state index in [0.717, 1.165) is 56.0 Å². The number of nitrogens with zero attached hydrogens (tertiary/aromatic N) is 2. The van der Waals surface area contributed by atoms with E-state index in [0.29, 0.717) is 0 Å². The van der Waals surface area contributed by atoms with Gasteiger partial charge >= 0.3 is 6.03 Å². The molecule has 5 heteroatoms. The van der Waals surface area contributed by atoms with Crippen molar-refractivity contribution in [1.29, 1.82) is 0 Å². The SMILES string of the molecule is O=C(NC12CC3CC(CC(C3)C1)C2)N1CCN(Cc2ccc(F)cc2)CC1. The lowest BCUT2D eigenvalue weighted by molar-refractivity contribution is -0.0165. The molecule has 4 bridgehead atoms. The van der Waals surface area contributed by atoms with Crippen molar-refractivity contribution in [2.24, 2.45) is 17.8 Å². The fourth-order valence-electron chi connectivity index (χ4n) is 6.53. The van der Waals surface area contributed by atoms with Crippen LogP contribution < -0.4 is 5.32 Å². The summed E-state index contributed by atoms with van der Waals surface area (Å²) < 4.78 is 13.0. The van der Waals surface area contributed by atoms with E-state index in [2.05, 4.69) is 10.2 Å². The number of amides is 2. The topological polar surface area (TPSA) is 35.6 Å². The van der Waals surface area contributed by atoms with Gasteiger partial charge in [0.25, 0.3) is 0 Å². The van der Waals surface area contributed by atoms with E-state index >= 15 is 0 Å². The molecular formula is C22H30FN3O. The fraction of sp³-hybridized carbons (Fsp3) is 0.682. The molecule has 6 rings (SSSR count). The van der Waals surface area contributed by atoms with E-state index in [-0.39, 0.29) is 17.4 Å². The monoisotopic (exact) mass is 371 g/mol. The van der Waals surface area contributed by atoms with Crippen LogP contribution in [0.3, 0.4) is 0 Å². The highest BCUT2D eigenvalue weighted by Gasteiger charge is 2.51. The fourth-order valence-corrected chi connectivity index (χ4v) is 6.53. The average Bonchev–Trinajstić information content (AvgIpc) is 2.63. The molecule has 1 aliphatic heterocycles. The third-order valence-corrected chi connectivity index (χ3v) is 7.39. The number of piperazine rings is 1. The molecule has 4 saturated carbocycles. The first kappa shape index (κ1) is 17.5. The summed E-state index contributed by atoms with van der Waals surface area (Å²) in [5.41, 5.74) is 1.22. The lowest BCUT2D eigenvalue weighted by Gasteiger charge is -2.57. The molecular weight excluding hydrogens is 341 g/mol. The van der Waals surface area contributed by atoms with Gasteiger partial charge in [-0.05, 0) is 74.0 Å². The van der Waals surface area contributed by atoms with Gasteiger partial charge in [-0.1, -0.05) is 12.1 Å². The molecule has 1 aromatic carbocycles. The molecule has 0 spiro atoms. The summed E-state index contributed by atoms with van der Waals surface area (Å²) >= 11 is 0. The second-order valence-electron chi connectivity index (χ2n) is 9.52. The first-order valence-electron chi connectivity index (χ1n) is 10.6. The number of rotatable bonds is 3. The van der Waals surface area contributed by atoms with Crippen LogP contribution >= 0.6 is 0 Å². The first-order chi connectivity index (χ1) is 13.1. The van der Waals surface area contributed by atoms with Crippen LogP contribution in [0.2, 0.25) is 0 Å². The van der Waals surface area contributed by atoms with Gasteiger partial charge in [0.15, 0.2) is 0 Å². The largest absolute Gasteiger partial charge is 0.333 e. The number of hydrogen-bond acceptors (Lipinski definition) is 2. The Kier molecular flexibility index (Phi) is 4.38. The number of halogens is 1. The number of carbonyl (C=O) groups excluding carboxylic acids is 1. The van der Waals surface area contributed by atoms with E-state index < -0.39 is 0 Å². The van der Waals surface area contributed by atoms with Gasteiger partial charge in [-0.15, -0.1) is 0 Å². The normalized spacial score (nSPS) is 35.4. The Hall–Kier alpha value is -1.62. The van der Waals surface area contributed by atoms with Crippen LogP contribution in [-0.2, 0) is 6.54 Å². The van der Waals surface area contributed by atoms with Gasteiger partial charge in [-0.2, -0.15) is 0 Å². The van der Waals surface area contributed by atoms with Gasteiger partial charge < -0.3 is 10.2 Å². The Morgan fingerprint density at radius 2 is 1.52 bits per heavy atom. The van der Waals surface area contributed by atoms with Crippen molar-refractivity contribution in [3.63, 3.8) is 0 Å². The van der Waals surface area contributed by atoms with Gasteiger partial charge in [0.1, 0.15) is 5.82 Å². The highest BCUT2D eigenvalue weighted by Crippen LogP contribution is 2.55. The van der Waals surface area contributed by atoms with Crippen LogP contribution in [0.4, 0.5) is 9.18 Å². The third kappa shape index (κ3) is 3.58. The molecule has 1 saturated heterocycles. The maximum Gasteiger partial charge on any atom is 0.317 e. The lowest BCUT2D eigenvalue weighted by atomic mass is 9.53. The van der Waals surface area contributed by atoms with Gasteiger partial charge in [-0.3, -0.25) is 4.90 Å². The molecule has 1 aromatic rings. The van der Waals surface area contributed by atoms with Gasteiger partial charge in [0.2, 0.25) is 0 Å². The van der Waals surface area contributed by atoms with Gasteiger partial charge in [0, 0.05) is 38.3 Å². The van der Waals surface area contributed by atoms with Crippen LogP contribution in [0.1, 0.15) is 44.1 Å². The maximum atomic E-state index is 13.0. The number of hydrogen-bond donors (Lipinski definition) is 1. The molecule has 1 heterocycles. The van der Waals surface area contributed by atoms with Crippen molar-refractivity contribution in [3.8, 4) is 0 Å². The van der Waals surface area contributed by atoms with Crippen LogP contribution in [0.15, 0.2) is 24.3 Å². The molecule has 4 aliphatic carbocycles. The molecule has 2 amide bonds. The Morgan fingerprint density at radius 3 is 2.07 bits per heavy atom. The second-order valence-corrected chi connectivity index (χ2v) is 9.52. The molecule has 0 radical (unpaired) electrons. The lowest BCUT2D eigenvalue weighted by Crippen LogP contribution is -2.63. The molecule has 146 valence electrons. The highest BCUT2D eigenvalue weighted by molar-refractivity contribution is 5.75. The number of carbonyl (C=O) groups is 1. The highest BCUT2D eigenvalue weighted by atomic mass is 19.1. The zero-order valence-corrected chi connectivity index (χ0v) is 16.0. The Morgan fingerprint density at radius 1 is 0.963 bits per heavy atom. The Bertz CT molecular complexity index is 661. The standard InChI is InChI=1S/C22H30FN3O/c23-20-3-1-16(2-4-20)15-25-5-7-26(8-6-25)21(27)24-22-12-17-9-18(13-22)11-19(10-17)14-22/h1-4,17-19H,5-15H2,(H,24,27). The summed E-state index contributed by atoms with van der Waals surface area (Å²) in [4.78, 5) is 17.3. The van der Waals surface area contributed by atoms with E-state index in [9.17, 15) is 9.18 Å². The molecule has 0 atom stereocenters. The van der Waals surface area contributed by atoms with Gasteiger partial charge in [-0.25, -0.2) is 9.18 Å². The molecule has 4 nitrogen and oxygen atoms in total. The summed E-state index contributed by atoms with van der Waals surface area (Å²) in [6.45, 7) is 4.14. The summed E-state index contributed by atoms with van der Waals surface area (Å²) in [6.07, 6.45) is 7.81. The quantitative estimate of drug-likeness (QED) is 0.881. The van der Waals surface area contributed by atoms with Crippen LogP contribution in [-0.4, -0.2) is 47.5 Å². The van der Waals surface area contributed by atoms with Crippen molar-refractivity contribution in [1.82, 2.24) is 15.1 Å². The van der Waals surface area contributed by atoms with E-state index in [1.54, 1.807) is 0 Å². The van der Waals surface area contributed by atoms with E-state index in [4.69, 9.17) is 0 Å². The van der Waals surface area contributed by atoms with Crippen LogP contribution in [0, 0.1) is 23.6 Å².